The van der Waals surface area contributed by atoms with Gasteiger partial charge >= 0.3 is 5.69 Å². The van der Waals surface area contributed by atoms with Crippen molar-refractivity contribution >= 4 is 22.9 Å². The van der Waals surface area contributed by atoms with Gasteiger partial charge in [-0.3, -0.25) is 4.57 Å². The molecule has 3 aromatic rings. The van der Waals surface area contributed by atoms with Gasteiger partial charge in [-0.25, -0.2) is 14.2 Å². The molecule has 1 aromatic carbocycles. The molecule has 0 spiro atoms. The van der Waals surface area contributed by atoms with Crippen LogP contribution in [-0.2, 0) is 19.4 Å². The number of aliphatic hydroxyl groups is 1. The second-order valence-electron chi connectivity index (χ2n) is 8.02. The second kappa shape index (κ2) is 8.36. The molecule has 1 aliphatic heterocycles. The maximum Gasteiger partial charge on any atom is 0.352 e. The molecule has 0 bridgehead atoms. The van der Waals surface area contributed by atoms with E-state index in [4.69, 9.17) is 0 Å². The lowest BCUT2D eigenvalue weighted by Crippen LogP contribution is -2.40. The van der Waals surface area contributed by atoms with Crippen molar-refractivity contribution in [3.8, 4) is 0 Å². The fraction of sp³-hybridized carbons (Fsp3) is 0.348. The van der Waals surface area contributed by atoms with Gasteiger partial charge in [0.1, 0.15) is 12.1 Å². The number of halogens is 1. The lowest BCUT2D eigenvalue weighted by molar-refractivity contribution is 0.233. The van der Waals surface area contributed by atoms with Gasteiger partial charge in [-0.1, -0.05) is 18.2 Å². The van der Waals surface area contributed by atoms with Crippen molar-refractivity contribution in [1.82, 2.24) is 14.5 Å². The van der Waals surface area contributed by atoms with E-state index < -0.39 is 6.10 Å². The summed E-state index contributed by atoms with van der Waals surface area (Å²) in [6.07, 6.45) is 7.36. The minimum Gasteiger partial charge on any atom is -0.387 e. The Bertz CT molecular complexity index is 1160. The molecule has 1 atom stereocenters. The van der Waals surface area contributed by atoms with Crippen molar-refractivity contribution in [3.05, 3.63) is 79.9 Å². The average molecular weight is 439 g/mol. The Hall–Kier alpha value is -2.84. The van der Waals surface area contributed by atoms with Gasteiger partial charge < -0.3 is 10.0 Å². The average Bonchev–Trinajstić information content (AvgIpc) is 3.18. The van der Waals surface area contributed by atoms with Crippen LogP contribution in [-0.4, -0.2) is 38.8 Å². The maximum atomic E-state index is 13.2. The molecule has 0 fully saturated rings. The highest BCUT2D eigenvalue weighted by atomic mass is 32.1. The standard InChI is InChI=1S/C23H23FN4O2S/c24-17-7-5-15(6-8-17)19-9-10-27(13-20(19)29)22-25-14-28(23(30)26-22)12-18-11-16-3-1-2-4-21(16)31-18/h5-9,11,14,20,29H,1-4,10,12-13H2. The molecule has 1 N–H and O–H groups in total. The zero-order valence-corrected chi connectivity index (χ0v) is 17.8. The fourth-order valence-corrected chi connectivity index (χ4v) is 5.51. The topological polar surface area (TPSA) is 71.2 Å². The molecule has 3 heterocycles. The highest BCUT2D eigenvalue weighted by Crippen LogP contribution is 2.30. The molecule has 1 unspecified atom stereocenters. The quantitative estimate of drug-likeness (QED) is 0.678. The number of aryl methyl sites for hydroxylation is 2. The third-order valence-corrected chi connectivity index (χ3v) is 7.09. The van der Waals surface area contributed by atoms with Gasteiger partial charge in [0.2, 0.25) is 5.95 Å². The number of aromatic nitrogens is 3. The van der Waals surface area contributed by atoms with Crippen molar-refractivity contribution in [3.63, 3.8) is 0 Å². The molecule has 5 rings (SSSR count). The van der Waals surface area contributed by atoms with E-state index in [2.05, 4.69) is 16.0 Å². The number of nitrogens with zero attached hydrogens (tertiary/aromatic N) is 4. The van der Waals surface area contributed by atoms with E-state index >= 15 is 0 Å². The maximum absolute atomic E-state index is 13.2. The predicted molar refractivity (Wildman–Crippen MR) is 119 cm³/mol. The molecular formula is C23H23FN4O2S. The van der Waals surface area contributed by atoms with Crippen LogP contribution < -0.4 is 10.6 Å². The first-order valence-electron chi connectivity index (χ1n) is 10.5. The first kappa shape index (κ1) is 20.1. The number of aliphatic hydroxyl groups excluding tert-OH is 1. The van der Waals surface area contributed by atoms with Gasteiger partial charge in [0.15, 0.2) is 0 Å². The molecule has 0 amide bonds. The van der Waals surface area contributed by atoms with Crippen LogP contribution in [0, 0.1) is 5.82 Å². The molecule has 0 radical (unpaired) electrons. The van der Waals surface area contributed by atoms with Gasteiger partial charge in [-0.05, 0) is 60.6 Å². The Kier molecular flexibility index (Phi) is 5.41. The van der Waals surface area contributed by atoms with E-state index in [1.807, 2.05) is 6.08 Å². The van der Waals surface area contributed by atoms with Crippen molar-refractivity contribution in [1.29, 1.82) is 0 Å². The third kappa shape index (κ3) is 4.18. The summed E-state index contributed by atoms with van der Waals surface area (Å²) in [6, 6.07) is 8.27. The summed E-state index contributed by atoms with van der Waals surface area (Å²) >= 11 is 1.78. The van der Waals surface area contributed by atoms with Gasteiger partial charge in [-0.15, -0.1) is 11.3 Å². The monoisotopic (exact) mass is 438 g/mol. The summed E-state index contributed by atoms with van der Waals surface area (Å²) in [5.74, 6) is -0.00635. The Morgan fingerprint density at radius 2 is 2.00 bits per heavy atom. The SMILES string of the molecule is O=c1nc(N2CC=C(c3ccc(F)cc3)C(O)C2)ncn1Cc1cc2c(s1)CCCC2. The van der Waals surface area contributed by atoms with Crippen LogP contribution in [0.3, 0.4) is 0 Å². The minimum absolute atomic E-state index is 0.268. The van der Waals surface area contributed by atoms with Crippen molar-refractivity contribution in [2.75, 3.05) is 18.0 Å². The molecule has 0 saturated heterocycles. The molecule has 2 aliphatic rings. The van der Waals surface area contributed by atoms with Crippen LogP contribution in [0.1, 0.15) is 33.7 Å². The van der Waals surface area contributed by atoms with E-state index in [0.29, 0.717) is 19.0 Å². The number of β-amino-alcohol motifs (C(OH)–C–C–N with tert-alkyl or cyclic N) is 1. The number of benzene rings is 1. The van der Waals surface area contributed by atoms with Crippen LogP contribution >= 0.6 is 11.3 Å². The van der Waals surface area contributed by atoms with E-state index in [9.17, 15) is 14.3 Å². The zero-order chi connectivity index (χ0) is 21.4. The lowest BCUT2D eigenvalue weighted by Gasteiger charge is -2.30. The zero-order valence-electron chi connectivity index (χ0n) is 17.0. The summed E-state index contributed by atoms with van der Waals surface area (Å²) in [5, 5.41) is 10.6. The molecule has 31 heavy (non-hydrogen) atoms. The number of rotatable bonds is 4. The highest BCUT2D eigenvalue weighted by Gasteiger charge is 2.24. The Morgan fingerprint density at radius 1 is 1.19 bits per heavy atom. The van der Waals surface area contributed by atoms with Crippen LogP contribution in [0.15, 0.2) is 47.5 Å². The number of thiophene rings is 1. The predicted octanol–water partition coefficient (Wildman–Crippen LogP) is 3.03. The van der Waals surface area contributed by atoms with Crippen LogP contribution in [0.5, 0.6) is 0 Å². The minimum atomic E-state index is -0.775. The number of hydrogen-bond acceptors (Lipinski definition) is 6. The third-order valence-electron chi connectivity index (χ3n) is 5.87. The van der Waals surface area contributed by atoms with Gasteiger partial charge in [0.25, 0.3) is 0 Å². The van der Waals surface area contributed by atoms with E-state index in [-0.39, 0.29) is 18.1 Å². The van der Waals surface area contributed by atoms with Crippen molar-refractivity contribution in [2.45, 2.75) is 38.3 Å². The summed E-state index contributed by atoms with van der Waals surface area (Å²) in [4.78, 5) is 25.5. The smallest absolute Gasteiger partial charge is 0.352 e. The summed E-state index contributed by atoms with van der Waals surface area (Å²) in [6.45, 7) is 1.21. The van der Waals surface area contributed by atoms with E-state index in [1.165, 1.54) is 46.3 Å². The highest BCUT2D eigenvalue weighted by molar-refractivity contribution is 7.12. The Labute approximate surface area is 183 Å². The van der Waals surface area contributed by atoms with E-state index in [1.54, 1.807) is 28.4 Å². The molecular weight excluding hydrogens is 415 g/mol. The molecule has 2 aromatic heterocycles. The Morgan fingerprint density at radius 3 is 2.74 bits per heavy atom. The van der Waals surface area contributed by atoms with Crippen LogP contribution in [0.2, 0.25) is 0 Å². The van der Waals surface area contributed by atoms with Crippen molar-refractivity contribution < 1.29 is 9.50 Å². The number of hydrogen-bond donors (Lipinski definition) is 1. The summed E-state index contributed by atoms with van der Waals surface area (Å²) in [7, 11) is 0. The largest absolute Gasteiger partial charge is 0.387 e. The molecule has 1 aliphatic carbocycles. The van der Waals surface area contributed by atoms with Gasteiger partial charge in [-0.2, -0.15) is 4.98 Å². The van der Waals surface area contributed by atoms with Crippen molar-refractivity contribution in [2.24, 2.45) is 0 Å². The second-order valence-corrected chi connectivity index (χ2v) is 9.24. The fourth-order valence-electron chi connectivity index (χ4n) is 4.25. The number of fused-ring (bicyclic) bond motifs is 1. The summed E-state index contributed by atoms with van der Waals surface area (Å²) < 4.78 is 14.7. The molecule has 0 saturated carbocycles. The summed E-state index contributed by atoms with van der Waals surface area (Å²) in [5.41, 5.74) is 2.59. The van der Waals surface area contributed by atoms with Gasteiger partial charge in [0, 0.05) is 16.3 Å². The van der Waals surface area contributed by atoms with Gasteiger partial charge in [0.05, 0.1) is 19.2 Å². The lowest BCUT2D eigenvalue weighted by atomic mass is 9.97. The van der Waals surface area contributed by atoms with Crippen LogP contribution in [0.4, 0.5) is 10.3 Å². The van der Waals surface area contributed by atoms with E-state index in [0.717, 1.165) is 28.9 Å². The first-order chi connectivity index (χ1) is 15.1. The molecule has 6 nitrogen and oxygen atoms in total. The first-order valence-corrected chi connectivity index (χ1v) is 11.3. The molecule has 8 heteroatoms. The number of anilines is 1. The van der Waals surface area contributed by atoms with Crippen LogP contribution in [0.25, 0.3) is 5.57 Å². The molecule has 160 valence electrons. The Balaban J connectivity index is 1.31. The normalized spacial score (nSPS) is 18.6.